The van der Waals surface area contributed by atoms with Crippen molar-refractivity contribution in [1.82, 2.24) is 40.6 Å². The number of aromatic hydroxyl groups is 1. The standard InChI is InChI=1S/C42H47B2N8O10/c1-24-17-29(18-25(2)37(24)55)40(57)45-20-32(53)38(56)39-36(46-35(54)23-51-21-31(47-49-51)28-11-7-4-8-12-28)33(61-43)19-42(60-39,41(58)59)62-44-34-22-52(50-48-34)30-15-13-27(14-16-30)26-9-5-3-6-10-26/h3,5-6,9-10,13-18,21-22,28,32-33,36,38-39,53,55-56H,4,7-8,11-12,19-20,23H2,1-2H3,(H,45,57)(H,46,54)(H,58,59)/t32-,33-,36?,38-,39?,42+/m1/s1. The second-order valence-electron chi connectivity index (χ2n) is 15.8. The van der Waals surface area contributed by atoms with Gasteiger partial charge in [0, 0.05) is 36.8 Å². The summed E-state index contributed by atoms with van der Waals surface area (Å²) in [5.41, 5.74) is 4.65. The van der Waals surface area contributed by atoms with E-state index in [1.807, 2.05) is 54.6 Å². The van der Waals surface area contributed by atoms with Crippen LogP contribution in [-0.4, -0.2) is 127 Å². The molecule has 0 bridgehead atoms. The molecule has 1 aliphatic heterocycles. The largest absolute Gasteiger partial charge is 0.507 e. The van der Waals surface area contributed by atoms with Crippen molar-refractivity contribution in [3.63, 3.8) is 0 Å². The number of nitrogens with one attached hydrogen (secondary N) is 2. The molecule has 3 heterocycles. The number of nitrogens with zero attached hydrogens (tertiary/aromatic N) is 6. The first-order valence-electron chi connectivity index (χ1n) is 20.3. The topological polar surface area (TPSA) is 245 Å². The first-order valence-corrected chi connectivity index (χ1v) is 20.3. The average molecular weight is 846 g/mol. The van der Waals surface area contributed by atoms with Crippen LogP contribution in [0, 0.1) is 13.8 Å². The molecule has 2 aliphatic rings. The molecule has 18 nitrogen and oxygen atoms in total. The van der Waals surface area contributed by atoms with Crippen molar-refractivity contribution in [3.8, 4) is 22.6 Å². The molecule has 1 saturated heterocycles. The Balaban J connectivity index is 1.09. The van der Waals surface area contributed by atoms with Crippen LogP contribution in [0.5, 0.6) is 5.75 Å². The summed E-state index contributed by atoms with van der Waals surface area (Å²) < 4.78 is 20.0. The molecular weight excluding hydrogens is 798 g/mol. The number of rotatable bonds is 16. The number of carbonyl (C=O) groups is 3. The Morgan fingerprint density at radius 2 is 1.66 bits per heavy atom. The Morgan fingerprint density at radius 3 is 2.34 bits per heavy atom. The van der Waals surface area contributed by atoms with Gasteiger partial charge in [-0.1, -0.05) is 72.2 Å². The van der Waals surface area contributed by atoms with Gasteiger partial charge in [0.25, 0.3) is 19.7 Å². The number of carbonyl (C=O) groups excluding carboxylic acids is 2. The Labute approximate surface area is 359 Å². The molecule has 0 spiro atoms. The number of carboxylic acid groups (broad SMARTS) is 1. The van der Waals surface area contributed by atoms with E-state index in [-0.39, 0.29) is 29.4 Å². The van der Waals surface area contributed by atoms with Crippen molar-refractivity contribution in [3.05, 3.63) is 102 Å². The van der Waals surface area contributed by atoms with Gasteiger partial charge in [-0.05, 0) is 73.2 Å². The predicted octanol–water partition coefficient (Wildman–Crippen LogP) is 1.53. The summed E-state index contributed by atoms with van der Waals surface area (Å²) in [5, 5.41) is 65.6. The zero-order valence-corrected chi connectivity index (χ0v) is 34.2. The highest BCUT2D eigenvalue weighted by atomic mass is 16.7. The molecule has 1 saturated carbocycles. The summed E-state index contributed by atoms with van der Waals surface area (Å²) in [6.07, 6.45) is 0.945. The van der Waals surface area contributed by atoms with Crippen molar-refractivity contribution < 1.29 is 48.9 Å². The fraction of sp³-hybridized carbons (Fsp3) is 0.405. The highest BCUT2D eigenvalue weighted by Crippen LogP contribution is 2.35. The van der Waals surface area contributed by atoms with Gasteiger partial charge in [-0.3, -0.25) is 9.59 Å². The fourth-order valence-corrected chi connectivity index (χ4v) is 7.93. The van der Waals surface area contributed by atoms with Gasteiger partial charge in [0.05, 0.1) is 35.2 Å². The SMILES string of the molecule is [B]O[C@@H]1C[C@](O[B]c2cn(-c3ccc(-c4ccccc4)cc3)nn2)(C(=O)O)OC([C@H](O)[C@H](O)CNC(=O)c2cc(C)c(O)c(C)c2)C1NC(=O)Cn1cc(C2CCCCC2)nn1. The van der Waals surface area contributed by atoms with Crippen LogP contribution in [0.2, 0.25) is 0 Å². The van der Waals surface area contributed by atoms with E-state index in [1.165, 1.54) is 27.7 Å². The molecular formula is C42H47B2N8O10. The number of aromatic nitrogens is 6. The molecule has 7 rings (SSSR count). The highest BCUT2D eigenvalue weighted by Gasteiger charge is 2.56. The zero-order chi connectivity index (χ0) is 44.0. The number of hydrogen-bond acceptors (Lipinski definition) is 13. The lowest BCUT2D eigenvalue weighted by molar-refractivity contribution is -0.281. The van der Waals surface area contributed by atoms with E-state index in [0.29, 0.717) is 16.8 Å². The number of hydrogen-bond donors (Lipinski definition) is 6. The number of amides is 2. The number of aliphatic hydroxyl groups excluding tert-OH is 2. The second-order valence-corrected chi connectivity index (χ2v) is 15.8. The Bertz CT molecular complexity index is 2320. The van der Waals surface area contributed by atoms with E-state index >= 15 is 0 Å². The van der Waals surface area contributed by atoms with E-state index < -0.39 is 67.0 Å². The smallest absolute Gasteiger partial charge is 0.363 e. The van der Waals surface area contributed by atoms with Crippen LogP contribution in [0.4, 0.5) is 0 Å². The van der Waals surface area contributed by atoms with Crippen molar-refractivity contribution >= 4 is 38.9 Å². The van der Waals surface area contributed by atoms with Gasteiger partial charge in [-0.2, -0.15) is 0 Å². The van der Waals surface area contributed by atoms with Crippen molar-refractivity contribution in [2.24, 2.45) is 0 Å². The second kappa shape index (κ2) is 19.4. The summed E-state index contributed by atoms with van der Waals surface area (Å²) >= 11 is 0. The molecule has 62 heavy (non-hydrogen) atoms. The van der Waals surface area contributed by atoms with Crippen LogP contribution >= 0.6 is 0 Å². The van der Waals surface area contributed by atoms with Gasteiger partial charge in [0.2, 0.25) is 5.91 Å². The number of ether oxygens (including phenoxy) is 1. The zero-order valence-electron chi connectivity index (χ0n) is 34.2. The minimum absolute atomic E-state index is 0.0320. The average Bonchev–Trinajstić information content (AvgIpc) is 3.97. The molecule has 20 heteroatoms. The number of aliphatic hydroxyl groups is 2. The van der Waals surface area contributed by atoms with Crippen LogP contribution in [0.25, 0.3) is 16.8 Å². The molecule has 1 aliphatic carbocycles. The molecule has 2 fully saturated rings. The molecule has 2 unspecified atom stereocenters. The maximum absolute atomic E-state index is 13.6. The predicted molar refractivity (Wildman–Crippen MR) is 223 cm³/mol. The van der Waals surface area contributed by atoms with Gasteiger partial charge in [-0.15, -0.1) is 10.2 Å². The van der Waals surface area contributed by atoms with Crippen molar-refractivity contribution in [1.29, 1.82) is 0 Å². The van der Waals surface area contributed by atoms with Crippen molar-refractivity contribution in [2.75, 3.05) is 6.54 Å². The van der Waals surface area contributed by atoms with Crippen LogP contribution in [0.1, 0.15) is 71.6 Å². The van der Waals surface area contributed by atoms with E-state index in [4.69, 9.17) is 22.1 Å². The maximum atomic E-state index is 13.6. The van der Waals surface area contributed by atoms with E-state index in [1.54, 1.807) is 20.0 Å². The Hall–Kier alpha value is -5.92. The summed E-state index contributed by atoms with van der Waals surface area (Å²) in [6, 6.07) is 18.9. The van der Waals surface area contributed by atoms with Gasteiger partial charge >= 0.3 is 13.5 Å². The molecule has 6 N–H and O–H groups in total. The summed E-state index contributed by atoms with van der Waals surface area (Å²) in [4.78, 5) is 39.8. The Morgan fingerprint density at radius 1 is 0.968 bits per heavy atom. The fourth-order valence-electron chi connectivity index (χ4n) is 7.93. The molecule has 5 aromatic rings. The third-order valence-corrected chi connectivity index (χ3v) is 11.3. The maximum Gasteiger partial charge on any atom is 0.363 e. The minimum Gasteiger partial charge on any atom is -0.507 e. The lowest BCUT2D eigenvalue weighted by Crippen LogP contribution is -2.69. The molecule has 2 amide bonds. The lowest BCUT2D eigenvalue weighted by Gasteiger charge is -2.48. The number of benzene rings is 3. The Kier molecular flexibility index (Phi) is 13.8. The third-order valence-electron chi connectivity index (χ3n) is 11.3. The monoisotopic (exact) mass is 845 g/mol. The first kappa shape index (κ1) is 44.1. The molecule has 6 atom stereocenters. The van der Waals surface area contributed by atoms with Crippen LogP contribution in [0.3, 0.4) is 0 Å². The molecule has 2 aromatic heterocycles. The van der Waals surface area contributed by atoms with Crippen LogP contribution in [0.15, 0.2) is 79.1 Å². The molecule has 3 aromatic carbocycles. The van der Waals surface area contributed by atoms with Gasteiger partial charge < -0.3 is 45.1 Å². The number of aryl methyl sites for hydroxylation is 2. The summed E-state index contributed by atoms with van der Waals surface area (Å²) in [5.74, 6) is -5.25. The van der Waals surface area contributed by atoms with Gasteiger partial charge in [0.1, 0.15) is 24.5 Å². The normalized spacial score (nSPS) is 21.5. The number of phenolic OH excluding ortho intramolecular Hbond substituents is 1. The van der Waals surface area contributed by atoms with E-state index in [0.717, 1.165) is 56.4 Å². The summed E-state index contributed by atoms with van der Waals surface area (Å²) in [6.45, 7) is 2.41. The number of aliphatic carboxylic acids is 1. The quantitative estimate of drug-likeness (QED) is 0.0772. The number of carboxylic acids is 1. The first-order chi connectivity index (χ1) is 29.8. The summed E-state index contributed by atoms with van der Waals surface area (Å²) in [7, 11) is 6.76. The third kappa shape index (κ3) is 10.1. The van der Waals surface area contributed by atoms with Crippen LogP contribution < -0.4 is 16.2 Å². The molecule has 321 valence electrons. The minimum atomic E-state index is -2.61. The van der Waals surface area contributed by atoms with E-state index in [2.05, 4.69) is 31.3 Å². The van der Waals surface area contributed by atoms with Crippen LogP contribution in [-0.2, 0) is 30.2 Å². The van der Waals surface area contributed by atoms with Crippen molar-refractivity contribution in [2.45, 2.75) is 101 Å². The highest BCUT2D eigenvalue weighted by molar-refractivity contribution is 6.45. The number of phenols is 1. The molecule has 3 radical (unpaired) electrons. The van der Waals surface area contributed by atoms with Gasteiger partial charge in [-0.25, -0.2) is 14.2 Å². The van der Waals surface area contributed by atoms with E-state index in [9.17, 15) is 34.8 Å². The van der Waals surface area contributed by atoms with Gasteiger partial charge in [0.15, 0.2) is 0 Å². The lowest BCUT2D eigenvalue weighted by atomic mass is 9.86.